The Balaban J connectivity index is 1.82. The van der Waals surface area contributed by atoms with Crippen LogP contribution in [-0.4, -0.2) is 32.6 Å². The summed E-state index contributed by atoms with van der Waals surface area (Å²) in [6.45, 7) is 0.411. The van der Waals surface area contributed by atoms with Gasteiger partial charge in [0.1, 0.15) is 11.3 Å². The van der Waals surface area contributed by atoms with Gasteiger partial charge in [-0.2, -0.15) is 0 Å². The van der Waals surface area contributed by atoms with Crippen molar-refractivity contribution in [2.45, 2.75) is 11.3 Å². The van der Waals surface area contributed by atoms with Gasteiger partial charge in [0.15, 0.2) is 0 Å². The highest BCUT2D eigenvalue weighted by atomic mass is 32.2. The van der Waals surface area contributed by atoms with Crippen molar-refractivity contribution in [3.63, 3.8) is 0 Å². The van der Waals surface area contributed by atoms with Crippen molar-refractivity contribution in [2.75, 3.05) is 13.2 Å². The first kappa shape index (κ1) is 17.0. The molecule has 0 aromatic heterocycles. The maximum atomic E-state index is 12.0. The van der Waals surface area contributed by atoms with Crippen LogP contribution in [0.3, 0.4) is 0 Å². The number of ether oxygens (including phenoxy) is 1. The molecule has 0 aliphatic carbocycles. The molecule has 2 aromatic rings. The number of sulfonamides is 1. The molecular formula is C16H17NO5S. The van der Waals surface area contributed by atoms with Gasteiger partial charge in [-0.1, -0.05) is 30.3 Å². The topological polar surface area (TPSA) is 92.7 Å². The first-order chi connectivity index (χ1) is 11.0. The zero-order valence-electron chi connectivity index (χ0n) is 12.3. The lowest BCUT2D eigenvalue weighted by Gasteiger charge is -2.10. The highest BCUT2D eigenvalue weighted by Crippen LogP contribution is 2.17. The van der Waals surface area contributed by atoms with Crippen LogP contribution in [0.2, 0.25) is 0 Å². The summed E-state index contributed by atoms with van der Waals surface area (Å²) in [6.07, 6.45) is 0.417. The molecule has 0 atom stereocenters. The molecule has 0 unspecified atom stereocenters. The molecule has 0 fully saturated rings. The summed E-state index contributed by atoms with van der Waals surface area (Å²) in [4.78, 5) is 11.2. The lowest BCUT2D eigenvalue weighted by Crippen LogP contribution is -2.25. The molecule has 6 nitrogen and oxygen atoms in total. The number of aromatic carboxylic acids is 1. The molecule has 2 N–H and O–H groups in total. The van der Waals surface area contributed by atoms with Gasteiger partial charge in [0.2, 0.25) is 10.0 Å². The van der Waals surface area contributed by atoms with Crippen molar-refractivity contribution >= 4 is 16.0 Å². The number of para-hydroxylation sites is 1. The zero-order valence-corrected chi connectivity index (χ0v) is 13.1. The average molecular weight is 335 g/mol. The number of hydrogen-bond donors (Lipinski definition) is 2. The Bertz CT molecular complexity index is 759. The van der Waals surface area contributed by atoms with Crippen LogP contribution in [0.25, 0.3) is 0 Å². The summed E-state index contributed by atoms with van der Waals surface area (Å²) >= 11 is 0. The fourth-order valence-electron chi connectivity index (χ4n) is 1.91. The van der Waals surface area contributed by atoms with Crippen LogP contribution in [0.15, 0.2) is 59.5 Å². The Morgan fingerprint density at radius 1 is 1.04 bits per heavy atom. The van der Waals surface area contributed by atoms with E-state index in [4.69, 9.17) is 9.84 Å². The normalized spacial score (nSPS) is 11.1. The van der Waals surface area contributed by atoms with Crippen LogP contribution in [0.1, 0.15) is 16.8 Å². The van der Waals surface area contributed by atoms with Crippen LogP contribution >= 0.6 is 0 Å². The lowest BCUT2D eigenvalue weighted by atomic mass is 10.2. The predicted octanol–water partition coefficient (Wildman–Crippen LogP) is 2.13. The van der Waals surface area contributed by atoms with Crippen LogP contribution in [0.5, 0.6) is 5.75 Å². The van der Waals surface area contributed by atoms with Crippen molar-refractivity contribution in [2.24, 2.45) is 0 Å². The molecule has 0 radical (unpaired) electrons. The first-order valence-corrected chi connectivity index (χ1v) is 8.49. The van der Waals surface area contributed by atoms with E-state index >= 15 is 0 Å². The molecule has 0 heterocycles. The molecule has 7 heteroatoms. The molecule has 2 aromatic carbocycles. The average Bonchev–Trinajstić information content (AvgIpc) is 2.55. The second kappa shape index (κ2) is 7.75. The fraction of sp³-hybridized carbons (Fsp3) is 0.188. The molecule has 122 valence electrons. The van der Waals surface area contributed by atoms with Crippen LogP contribution in [0, 0.1) is 0 Å². The minimum Gasteiger partial charge on any atom is -0.493 e. The SMILES string of the molecule is O=C(O)c1ccccc1OCCCNS(=O)(=O)c1ccccc1. The Morgan fingerprint density at radius 2 is 1.70 bits per heavy atom. The molecule has 0 aliphatic heterocycles. The van der Waals surface area contributed by atoms with Gasteiger partial charge in [-0.3, -0.25) is 0 Å². The number of carboxylic acids is 1. The van der Waals surface area contributed by atoms with Gasteiger partial charge < -0.3 is 9.84 Å². The highest BCUT2D eigenvalue weighted by molar-refractivity contribution is 7.89. The summed E-state index contributed by atoms with van der Waals surface area (Å²) in [5, 5.41) is 9.03. The number of carbonyl (C=O) groups is 1. The van der Waals surface area contributed by atoms with Crippen LogP contribution < -0.4 is 9.46 Å². The summed E-state index contributed by atoms with van der Waals surface area (Å²) in [5.74, 6) is -0.795. The third kappa shape index (κ3) is 4.80. The summed E-state index contributed by atoms with van der Waals surface area (Å²) in [5.41, 5.74) is 0.0809. The Kier molecular flexibility index (Phi) is 5.72. The van der Waals surface area contributed by atoms with Crippen molar-refractivity contribution in [1.29, 1.82) is 0 Å². The lowest BCUT2D eigenvalue weighted by molar-refractivity contribution is 0.0692. The smallest absolute Gasteiger partial charge is 0.339 e. The second-order valence-corrected chi connectivity index (χ2v) is 6.48. The molecule has 0 spiro atoms. The summed E-state index contributed by atoms with van der Waals surface area (Å²) < 4.78 is 31.8. The van der Waals surface area contributed by atoms with Crippen LogP contribution in [-0.2, 0) is 10.0 Å². The van der Waals surface area contributed by atoms with E-state index in [0.29, 0.717) is 6.42 Å². The fourth-order valence-corrected chi connectivity index (χ4v) is 3.01. The first-order valence-electron chi connectivity index (χ1n) is 7.00. The van der Waals surface area contributed by atoms with Gasteiger partial charge in [0.25, 0.3) is 0 Å². The quantitative estimate of drug-likeness (QED) is 0.721. The van der Waals surface area contributed by atoms with E-state index in [-0.39, 0.29) is 29.4 Å². The molecular weight excluding hydrogens is 318 g/mol. The standard InChI is InChI=1S/C16H17NO5S/c18-16(19)14-9-4-5-10-15(14)22-12-6-11-17-23(20,21)13-7-2-1-3-8-13/h1-5,7-10,17H,6,11-12H2,(H,18,19). The summed E-state index contributed by atoms with van der Waals surface area (Å²) in [6, 6.07) is 14.4. The van der Waals surface area contributed by atoms with Crippen molar-refractivity contribution in [3.8, 4) is 5.75 Å². The highest BCUT2D eigenvalue weighted by Gasteiger charge is 2.13. The monoisotopic (exact) mass is 335 g/mol. The number of carboxylic acid groups (broad SMARTS) is 1. The van der Waals surface area contributed by atoms with Crippen LogP contribution in [0.4, 0.5) is 0 Å². The minimum absolute atomic E-state index is 0.0809. The van der Waals surface area contributed by atoms with Crippen molar-refractivity contribution < 1.29 is 23.1 Å². The van der Waals surface area contributed by atoms with Gasteiger partial charge in [0.05, 0.1) is 11.5 Å². The Morgan fingerprint density at radius 3 is 2.39 bits per heavy atom. The number of rotatable bonds is 8. The van der Waals surface area contributed by atoms with E-state index in [1.54, 1.807) is 36.4 Å². The van der Waals surface area contributed by atoms with E-state index in [0.717, 1.165) is 0 Å². The zero-order chi connectivity index (χ0) is 16.7. The van der Waals surface area contributed by atoms with Gasteiger partial charge in [-0.15, -0.1) is 0 Å². The number of benzene rings is 2. The van der Waals surface area contributed by atoms with Gasteiger partial charge >= 0.3 is 5.97 Å². The second-order valence-electron chi connectivity index (χ2n) is 4.71. The molecule has 23 heavy (non-hydrogen) atoms. The maximum absolute atomic E-state index is 12.0. The van der Waals surface area contributed by atoms with E-state index in [1.165, 1.54) is 18.2 Å². The van der Waals surface area contributed by atoms with Gasteiger partial charge in [0, 0.05) is 6.54 Å². The van der Waals surface area contributed by atoms with E-state index < -0.39 is 16.0 Å². The Hall–Kier alpha value is -2.38. The maximum Gasteiger partial charge on any atom is 0.339 e. The molecule has 0 amide bonds. The molecule has 2 rings (SSSR count). The molecule has 0 saturated carbocycles. The summed E-state index contributed by atoms with van der Waals surface area (Å²) in [7, 11) is -3.53. The largest absolute Gasteiger partial charge is 0.493 e. The number of hydrogen-bond acceptors (Lipinski definition) is 4. The van der Waals surface area contributed by atoms with E-state index in [1.807, 2.05) is 0 Å². The predicted molar refractivity (Wildman–Crippen MR) is 85.1 cm³/mol. The van der Waals surface area contributed by atoms with Crippen molar-refractivity contribution in [1.82, 2.24) is 4.72 Å². The van der Waals surface area contributed by atoms with Gasteiger partial charge in [-0.25, -0.2) is 17.9 Å². The number of nitrogens with one attached hydrogen (secondary N) is 1. The Labute approximate surface area is 134 Å². The minimum atomic E-state index is -3.53. The third-order valence-electron chi connectivity index (χ3n) is 3.04. The molecule has 0 aliphatic rings. The third-order valence-corrected chi connectivity index (χ3v) is 4.52. The molecule has 0 saturated heterocycles. The van der Waals surface area contributed by atoms with E-state index in [2.05, 4.69) is 4.72 Å². The van der Waals surface area contributed by atoms with Gasteiger partial charge in [-0.05, 0) is 30.7 Å². The van der Waals surface area contributed by atoms with Crippen molar-refractivity contribution in [3.05, 3.63) is 60.2 Å². The van der Waals surface area contributed by atoms with E-state index in [9.17, 15) is 13.2 Å². The molecule has 0 bridgehead atoms.